The van der Waals surface area contributed by atoms with E-state index in [1.165, 1.54) is 0 Å². The van der Waals surface area contributed by atoms with Crippen molar-refractivity contribution in [2.45, 2.75) is 13.8 Å². The molecule has 0 aliphatic rings. The third kappa shape index (κ3) is 3.50. The van der Waals surface area contributed by atoms with Crippen LogP contribution in [0.25, 0.3) is 0 Å². The molecular weight excluding hydrogens is 210 g/mol. The van der Waals surface area contributed by atoms with Crippen molar-refractivity contribution in [3.8, 4) is 0 Å². The SMILES string of the molecule is C/C=C(CO)\N=C(/C)c1ccc(Cl)cc1. The Balaban J connectivity index is 2.93. The highest BCUT2D eigenvalue weighted by molar-refractivity contribution is 6.30. The first kappa shape index (κ1) is 12.0. The Labute approximate surface area is 94.9 Å². The number of allylic oxidation sites excluding steroid dienone is 1. The molecule has 0 saturated heterocycles. The number of aliphatic hydroxyl groups excluding tert-OH is 1. The lowest BCUT2D eigenvalue weighted by atomic mass is 10.1. The first-order chi connectivity index (χ1) is 7.17. The molecule has 1 aromatic rings. The maximum Gasteiger partial charge on any atom is 0.0849 e. The molecule has 0 aromatic heterocycles. The Hall–Kier alpha value is -1.12. The van der Waals surface area contributed by atoms with Crippen molar-refractivity contribution in [2.75, 3.05) is 6.61 Å². The van der Waals surface area contributed by atoms with Crippen molar-refractivity contribution in [1.82, 2.24) is 0 Å². The van der Waals surface area contributed by atoms with Gasteiger partial charge in [0.25, 0.3) is 0 Å². The van der Waals surface area contributed by atoms with Crippen molar-refractivity contribution >= 4 is 17.3 Å². The molecule has 15 heavy (non-hydrogen) atoms. The predicted octanol–water partition coefficient (Wildman–Crippen LogP) is 3.05. The molecule has 0 bridgehead atoms. The van der Waals surface area contributed by atoms with Crippen LogP contribution in [0.4, 0.5) is 0 Å². The van der Waals surface area contributed by atoms with Gasteiger partial charge in [0, 0.05) is 10.7 Å². The van der Waals surface area contributed by atoms with Crippen LogP contribution < -0.4 is 0 Å². The van der Waals surface area contributed by atoms with E-state index in [1.807, 2.05) is 38.1 Å². The Morgan fingerprint density at radius 3 is 2.47 bits per heavy atom. The van der Waals surface area contributed by atoms with Crippen LogP contribution in [0.3, 0.4) is 0 Å². The smallest absolute Gasteiger partial charge is 0.0849 e. The molecule has 0 amide bonds. The highest BCUT2D eigenvalue weighted by Crippen LogP contribution is 2.11. The molecule has 1 aromatic carbocycles. The van der Waals surface area contributed by atoms with E-state index in [0.717, 1.165) is 11.3 Å². The van der Waals surface area contributed by atoms with E-state index < -0.39 is 0 Å². The van der Waals surface area contributed by atoms with Gasteiger partial charge in [-0.15, -0.1) is 0 Å². The minimum atomic E-state index is -0.0402. The Morgan fingerprint density at radius 2 is 2.00 bits per heavy atom. The van der Waals surface area contributed by atoms with Crippen molar-refractivity contribution in [3.05, 3.63) is 46.6 Å². The molecule has 0 aliphatic heterocycles. The van der Waals surface area contributed by atoms with Crippen molar-refractivity contribution < 1.29 is 5.11 Å². The predicted molar refractivity (Wildman–Crippen MR) is 64.5 cm³/mol. The highest BCUT2D eigenvalue weighted by atomic mass is 35.5. The Bertz CT molecular complexity index is 379. The number of hydrogen-bond donors (Lipinski definition) is 1. The van der Waals surface area contributed by atoms with Gasteiger partial charge in [0.1, 0.15) is 0 Å². The number of nitrogens with zero attached hydrogens (tertiary/aromatic N) is 1. The lowest BCUT2D eigenvalue weighted by Crippen LogP contribution is -1.97. The van der Waals surface area contributed by atoms with Gasteiger partial charge in [-0.25, -0.2) is 0 Å². The van der Waals surface area contributed by atoms with Crippen LogP contribution in [-0.4, -0.2) is 17.4 Å². The fraction of sp³-hybridized carbons (Fsp3) is 0.250. The van der Waals surface area contributed by atoms with Crippen LogP contribution >= 0.6 is 11.6 Å². The second kappa shape index (κ2) is 5.69. The molecule has 0 aliphatic carbocycles. The van der Waals surface area contributed by atoms with E-state index in [9.17, 15) is 0 Å². The minimum absolute atomic E-state index is 0.0402. The van der Waals surface area contributed by atoms with E-state index in [4.69, 9.17) is 16.7 Å². The van der Waals surface area contributed by atoms with Gasteiger partial charge in [-0.2, -0.15) is 0 Å². The zero-order valence-corrected chi connectivity index (χ0v) is 9.62. The Morgan fingerprint density at radius 1 is 1.40 bits per heavy atom. The van der Waals surface area contributed by atoms with Gasteiger partial charge < -0.3 is 5.11 Å². The summed E-state index contributed by atoms with van der Waals surface area (Å²) in [4.78, 5) is 4.30. The summed E-state index contributed by atoms with van der Waals surface area (Å²) in [7, 11) is 0. The number of benzene rings is 1. The van der Waals surface area contributed by atoms with Crippen LogP contribution in [0.5, 0.6) is 0 Å². The number of halogens is 1. The van der Waals surface area contributed by atoms with Gasteiger partial charge >= 0.3 is 0 Å². The largest absolute Gasteiger partial charge is 0.390 e. The van der Waals surface area contributed by atoms with E-state index in [1.54, 1.807) is 6.08 Å². The fourth-order valence-electron chi connectivity index (χ4n) is 1.16. The van der Waals surface area contributed by atoms with Gasteiger partial charge in [-0.3, -0.25) is 4.99 Å². The zero-order chi connectivity index (χ0) is 11.3. The molecule has 0 saturated carbocycles. The van der Waals surface area contributed by atoms with Gasteiger partial charge in [0.15, 0.2) is 0 Å². The van der Waals surface area contributed by atoms with Gasteiger partial charge in [-0.05, 0) is 31.5 Å². The molecule has 0 heterocycles. The first-order valence-electron chi connectivity index (χ1n) is 4.74. The number of aliphatic hydroxyl groups is 1. The lowest BCUT2D eigenvalue weighted by molar-refractivity contribution is 0.330. The summed E-state index contributed by atoms with van der Waals surface area (Å²) >= 11 is 5.79. The highest BCUT2D eigenvalue weighted by Gasteiger charge is 1.98. The number of hydrogen-bond acceptors (Lipinski definition) is 2. The summed E-state index contributed by atoms with van der Waals surface area (Å²) in [5, 5.41) is 9.68. The van der Waals surface area contributed by atoms with Crippen molar-refractivity contribution in [1.29, 1.82) is 0 Å². The topological polar surface area (TPSA) is 32.6 Å². The van der Waals surface area contributed by atoms with E-state index in [-0.39, 0.29) is 6.61 Å². The molecule has 1 N–H and O–H groups in total. The molecule has 2 nitrogen and oxygen atoms in total. The summed E-state index contributed by atoms with van der Waals surface area (Å²) < 4.78 is 0. The molecule has 0 fully saturated rings. The minimum Gasteiger partial charge on any atom is -0.390 e. The summed E-state index contributed by atoms with van der Waals surface area (Å²) in [6, 6.07) is 7.46. The maximum absolute atomic E-state index is 8.97. The van der Waals surface area contributed by atoms with E-state index in [2.05, 4.69) is 4.99 Å². The fourth-order valence-corrected chi connectivity index (χ4v) is 1.29. The third-order valence-electron chi connectivity index (χ3n) is 2.07. The van der Waals surface area contributed by atoms with Crippen molar-refractivity contribution in [3.63, 3.8) is 0 Å². The molecule has 0 unspecified atom stereocenters. The molecule has 0 atom stereocenters. The van der Waals surface area contributed by atoms with E-state index in [0.29, 0.717) is 10.7 Å². The number of rotatable bonds is 3. The molecule has 80 valence electrons. The lowest BCUT2D eigenvalue weighted by Gasteiger charge is -2.02. The molecule has 0 spiro atoms. The average Bonchev–Trinajstić information content (AvgIpc) is 2.26. The van der Waals surface area contributed by atoms with Crippen LogP contribution in [0.15, 0.2) is 41.0 Å². The summed E-state index contributed by atoms with van der Waals surface area (Å²) in [5.74, 6) is 0. The summed E-state index contributed by atoms with van der Waals surface area (Å²) in [6.07, 6.45) is 1.79. The van der Waals surface area contributed by atoms with Crippen molar-refractivity contribution in [2.24, 2.45) is 4.99 Å². The first-order valence-corrected chi connectivity index (χ1v) is 5.12. The standard InChI is InChI=1S/C12H14ClNO/c1-3-12(8-15)14-9(2)10-4-6-11(13)7-5-10/h3-7,15H,8H2,1-2H3/b12-3-,14-9+. The van der Waals surface area contributed by atoms with Crippen LogP contribution in [0, 0.1) is 0 Å². The normalized spacial score (nSPS) is 13.1. The quantitative estimate of drug-likeness (QED) is 0.785. The van der Waals surface area contributed by atoms with E-state index >= 15 is 0 Å². The molecule has 3 heteroatoms. The second-order valence-electron chi connectivity index (χ2n) is 3.14. The van der Waals surface area contributed by atoms with Gasteiger partial charge in [0.2, 0.25) is 0 Å². The monoisotopic (exact) mass is 223 g/mol. The molecular formula is C12H14ClNO. The van der Waals surface area contributed by atoms with Gasteiger partial charge in [-0.1, -0.05) is 29.8 Å². The summed E-state index contributed by atoms with van der Waals surface area (Å²) in [5.41, 5.74) is 2.54. The van der Waals surface area contributed by atoms with Gasteiger partial charge in [0.05, 0.1) is 12.3 Å². The molecule has 0 radical (unpaired) electrons. The zero-order valence-electron chi connectivity index (χ0n) is 8.87. The average molecular weight is 224 g/mol. The Kier molecular flexibility index (Phi) is 4.53. The maximum atomic E-state index is 8.97. The van der Waals surface area contributed by atoms with Crippen LogP contribution in [0.1, 0.15) is 19.4 Å². The third-order valence-corrected chi connectivity index (χ3v) is 2.32. The second-order valence-corrected chi connectivity index (χ2v) is 3.58. The number of aliphatic imine (C=N–C) groups is 1. The summed E-state index contributed by atoms with van der Waals surface area (Å²) in [6.45, 7) is 3.72. The molecule has 1 rings (SSSR count). The van der Waals surface area contributed by atoms with Crippen LogP contribution in [0.2, 0.25) is 5.02 Å². The van der Waals surface area contributed by atoms with Crippen LogP contribution in [-0.2, 0) is 0 Å².